The van der Waals surface area contributed by atoms with Gasteiger partial charge in [-0.2, -0.15) is 0 Å². The summed E-state index contributed by atoms with van der Waals surface area (Å²) in [7, 11) is -1.10. The lowest BCUT2D eigenvalue weighted by atomic mass is 9.77. The van der Waals surface area contributed by atoms with E-state index in [0.29, 0.717) is 12.1 Å². The molecular formula is C20H15NO3S. The van der Waals surface area contributed by atoms with Crippen LogP contribution in [0.15, 0.2) is 64.6 Å². The molecule has 5 heteroatoms. The molecule has 2 aliphatic carbocycles. The summed E-state index contributed by atoms with van der Waals surface area (Å²) in [6.45, 7) is 0.470. The smallest absolute Gasteiger partial charge is 0.252 e. The predicted octanol–water partition coefficient (Wildman–Crippen LogP) is 2.77. The van der Waals surface area contributed by atoms with Gasteiger partial charge in [0.05, 0.1) is 0 Å². The van der Waals surface area contributed by atoms with Crippen molar-refractivity contribution in [1.82, 2.24) is 5.32 Å². The predicted molar refractivity (Wildman–Crippen MR) is 97.5 cm³/mol. The Morgan fingerprint density at radius 3 is 2.92 bits per heavy atom. The zero-order valence-corrected chi connectivity index (χ0v) is 14.4. The number of benzene rings is 1. The van der Waals surface area contributed by atoms with Gasteiger partial charge in [-0.15, -0.1) is 0 Å². The van der Waals surface area contributed by atoms with Crippen LogP contribution in [0.3, 0.4) is 0 Å². The van der Waals surface area contributed by atoms with Crippen LogP contribution in [0.5, 0.6) is 5.75 Å². The number of hydrogen-bond donors (Lipinski definition) is 1. The molecule has 0 saturated carbocycles. The van der Waals surface area contributed by atoms with Gasteiger partial charge in [0, 0.05) is 56.3 Å². The van der Waals surface area contributed by atoms with Crippen LogP contribution in [0.4, 0.5) is 0 Å². The zero-order valence-electron chi connectivity index (χ0n) is 13.5. The standard InChI is InChI=1S/C20H15NO3S/c1-25(23)15-7-6-13-3-2-4-14-9-12-5-8-16-17(11-21-19(16)22)18(12)24-20(13,14)10-15/h2-10H,11H2,1H3,(H,21,22). The van der Waals surface area contributed by atoms with Crippen molar-refractivity contribution < 1.29 is 13.7 Å². The third-order valence-corrected chi connectivity index (χ3v) is 5.97. The molecule has 4 nitrogen and oxygen atoms in total. The molecule has 1 aromatic rings. The highest BCUT2D eigenvalue weighted by Gasteiger charge is 2.44. The molecule has 4 aliphatic rings. The average molecular weight is 349 g/mol. The first-order valence-corrected chi connectivity index (χ1v) is 9.63. The number of amides is 1. The van der Waals surface area contributed by atoms with E-state index in [2.05, 4.69) is 11.4 Å². The minimum Gasteiger partial charge on any atom is -0.473 e. The molecule has 25 heavy (non-hydrogen) atoms. The van der Waals surface area contributed by atoms with Crippen molar-refractivity contribution in [2.45, 2.75) is 12.1 Å². The monoisotopic (exact) mass is 349 g/mol. The van der Waals surface area contributed by atoms with Crippen molar-refractivity contribution in [1.29, 1.82) is 0 Å². The lowest BCUT2D eigenvalue weighted by Crippen LogP contribution is -2.42. The number of carbonyl (C=O) groups is 1. The molecule has 0 fully saturated rings. The van der Waals surface area contributed by atoms with Gasteiger partial charge in [0.15, 0.2) is 5.60 Å². The van der Waals surface area contributed by atoms with Crippen molar-refractivity contribution in [2.24, 2.45) is 0 Å². The fourth-order valence-electron chi connectivity index (χ4n) is 3.78. The van der Waals surface area contributed by atoms with Crippen LogP contribution >= 0.6 is 0 Å². The van der Waals surface area contributed by atoms with Gasteiger partial charge in [-0.3, -0.25) is 9.00 Å². The molecule has 0 bridgehead atoms. The second-order valence-electron chi connectivity index (χ2n) is 6.45. The van der Waals surface area contributed by atoms with Crippen molar-refractivity contribution in [3.05, 3.63) is 81.3 Å². The summed E-state index contributed by atoms with van der Waals surface area (Å²) < 4.78 is 18.6. The Labute approximate surface area is 147 Å². The van der Waals surface area contributed by atoms with Crippen LogP contribution in [-0.4, -0.2) is 22.0 Å². The Hall–Kier alpha value is -2.66. The van der Waals surface area contributed by atoms with Crippen molar-refractivity contribution in [2.75, 3.05) is 6.26 Å². The summed E-state index contributed by atoms with van der Waals surface area (Å²) in [5, 5.41) is 2.86. The molecule has 2 atom stereocenters. The molecule has 2 unspecified atom stereocenters. The number of hydrogen-bond acceptors (Lipinski definition) is 3. The van der Waals surface area contributed by atoms with Gasteiger partial charge in [-0.25, -0.2) is 0 Å². The van der Waals surface area contributed by atoms with E-state index in [1.54, 1.807) is 6.26 Å². The van der Waals surface area contributed by atoms with E-state index >= 15 is 0 Å². The van der Waals surface area contributed by atoms with Gasteiger partial charge < -0.3 is 10.1 Å². The Morgan fingerprint density at radius 1 is 1.20 bits per heavy atom. The van der Waals surface area contributed by atoms with Gasteiger partial charge in [0.25, 0.3) is 5.91 Å². The van der Waals surface area contributed by atoms with Crippen LogP contribution in [-0.2, 0) is 17.3 Å². The number of allylic oxidation sites excluding steroid dienone is 3. The first kappa shape index (κ1) is 14.7. The number of ether oxygens (including phenoxy) is 1. The molecule has 1 N–H and O–H groups in total. The number of rotatable bonds is 1. The fraction of sp³-hybridized carbons (Fsp3) is 0.150. The zero-order chi connectivity index (χ0) is 17.2. The van der Waals surface area contributed by atoms with E-state index in [4.69, 9.17) is 4.74 Å². The number of fused-ring (bicyclic) bond motifs is 3. The summed E-state index contributed by atoms with van der Waals surface area (Å²) in [5.41, 5.74) is 3.74. The summed E-state index contributed by atoms with van der Waals surface area (Å²) in [6.07, 6.45) is 15.6. The average Bonchev–Trinajstić information content (AvgIpc) is 2.99. The second kappa shape index (κ2) is 4.92. The SMILES string of the molecule is CS(=O)C1=CC23Oc4c(ccc5c4CNC5=O)C=C2C=CC=C3C=C1. The van der Waals surface area contributed by atoms with Gasteiger partial charge in [-0.1, -0.05) is 30.4 Å². The largest absolute Gasteiger partial charge is 0.473 e. The first-order valence-electron chi connectivity index (χ1n) is 8.07. The third-order valence-electron chi connectivity index (χ3n) is 5.05. The highest BCUT2D eigenvalue weighted by molar-refractivity contribution is 7.88. The molecule has 1 amide bonds. The molecule has 2 aliphatic heterocycles. The van der Waals surface area contributed by atoms with Gasteiger partial charge in [0.2, 0.25) is 0 Å². The first-order chi connectivity index (χ1) is 12.1. The normalized spacial score (nSPS) is 26.1. The molecule has 124 valence electrons. The topological polar surface area (TPSA) is 55.4 Å². The van der Waals surface area contributed by atoms with E-state index in [9.17, 15) is 9.00 Å². The lowest BCUT2D eigenvalue weighted by Gasteiger charge is -2.41. The van der Waals surface area contributed by atoms with E-state index < -0.39 is 16.4 Å². The molecular weight excluding hydrogens is 334 g/mol. The summed E-state index contributed by atoms with van der Waals surface area (Å²) in [4.78, 5) is 12.7. The Balaban J connectivity index is 1.75. The maximum absolute atomic E-state index is 12.0. The van der Waals surface area contributed by atoms with Crippen LogP contribution in [0.2, 0.25) is 0 Å². The maximum Gasteiger partial charge on any atom is 0.252 e. The van der Waals surface area contributed by atoms with Crippen LogP contribution in [0.1, 0.15) is 21.5 Å². The molecule has 0 saturated heterocycles. The highest BCUT2D eigenvalue weighted by Crippen LogP contribution is 2.48. The fourth-order valence-corrected chi connectivity index (χ4v) is 4.37. The summed E-state index contributed by atoms with van der Waals surface area (Å²) in [6, 6.07) is 3.77. The van der Waals surface area contributed by atoms with Crippen LogP contribution < -0.4 is 10.1 Å². The highest BCUT2D eigenvalue weighted by atomic mass is 32.2. The minimum atomic E-state index is -1.10. The second-order valence-corrected chi connectivity index (χ2v) is 7.83. The summed E-state index contributed by atoms with van der Waals surface area (Å²) >= 11 is 0. The van der Waals surface area contributed by atoms with Gasteiger partial charge in [0.1, 0.15) is 5.75 Å². The van der Waals surface area contributed by atoms with E-state index in [-0.39, 0.29) is 5.91 Å². The Morgan fingerprint density at radius 2 is 2.08 bits per heavy atom. The van der Waals surface area contributed by atoms with Crippen molar-refractivity contribution in [3.63, 3.8) is 0 Å². The van der Waals surface area contributed by atoms with Crippen molar-refractivity contribution in [3.8, 4) is 5.75 Å². The van der Waals surface area contributed by atoms with Crippen molar-refractivity contribution >= 4 is 22.8 Å². The quantitative estimate of drug-likeness (QED) is 0.848. The third kappa shape index (κ3) is 1.93. The summed E-state index contributed by atoms with van der Waals surface area (Å²) in [5.74, 6) is 0.663. The van der Waals surface area contributed by atoms with E-state index in [1.165, 1.54) is 0 Å². The lowest BCUT2D eigenvalue weighted by molar-refractivity contribution is 0.0965. The van der Waals surface area contributed by atoms with Crippen LogP contribution in [0, 0.1) is 0 Å². The molecule has 1 spiro atoms. The van der Waals surface area contributed by atoms with Crippen LogP contribution in [0.25, 0.3) is 6.08 Å². The Kier molecular flexibility index (Phi) is 2.89. The molecule has 0 aromatic heterocycles. The number of nitrogens with one attached hydrogen (secondary N) is 1. The number of carbonyl (C=O) groups excluding carboxylic acids is 1. The maximum atomic E-state index is 12.0. The van der Waals surface area contributed by atoms with Gasteiger partial charge >= 0.3 is 0 Å². The molecule has 1 aromatic carbocycles. The van der Waals surface area contributed by atoms with E-state index in [1.807, 2.05) is 48.6 Å². The van der Waals surface area contributed by atoms with E-state index in [0.717, 1.165) is 32.9 Å². The Bertz CT molecular complexity index is 1030. The minimum absolute atomic E-state index is 0.0672. The molecule has 2 heterocycles. The molecule has 5 rings (SSSR count). The van der Waals surface area contributed by atoms with Gasteiger partial charge in [-0.05, 0) is 24.3 Å². The molecule has 0 radical (unpaired) electrons.